The lowest BCUT2D eigenvalue weighted by atomic mass is 9.85. The van der Waals surface area contributed by atoms with Crippen LogP contribution in [0.5, 0.6) is 5.75 Å². The molecule has 1 aromatic rings. The second-order valence-electron chi connectivity index (χ2n) is 8.77. The topological polar surface area (TPSA) is 70.2 Å². The van der Waals surface area contributed by atoms with Crippen molar-refractivity contribution >= 4 is 23.4 Å². The molecule has 2 unspecified atom stereocenters. The van der Waals surface area contributed by atoms with Gasteiger partial charge in [0.15, 0.2) is 0 Å². The zero-order valence-corrected chi connectivity index (χ0v) is 18.3. The van der Waals surface area contributed by atoms with E-state index in [2.05, 4.69) is 15.9 Å². The van der Waals surface area contributed by atoms with E-state index in [1.54, 1.807) is 0 Å². The van der Waals surface area contributed by atoms with Crippen LogP contribution in [0, 0.1) is 11.8 Å². The van der Waals surface area contributed by atoms with Gasteiger partial charge in [-0.15, -0.1) is 0 Å². The van der Waals surface area contributed by atoms with Crippen LogP contribution in [0.1, 0.15) is 33.1 Å². The maximum Gasteiger partial charge on any atom is 0.240 e. The highest BCUT2D eigenvalue weighted by molar-refractivity contribution is 6.17. The van der Waals surface area contributed by atoms with Gasteiger partial charge >= 0.3 is 0 Å². The molecule has 2 fully saturated rings. The predicted octanol–water partition coefficient (Wildman–Crippen LogP) is 2.46. The summed E-state index contributed by atoms with van der Waals surface area (Å²) in [6.45, 7) is 7.91. The maximum absolute atomic E-state index is 12.7. The van der Waals surface area contributed by atoms with Gasteiger partial charge in [0, 0.05) is 39.1 Å². The molecule has 4 rings (SSSR count). The van der Waals surface area contributed by atoms with Crippen molar-refractivity contribution in [1.82, 2.24) is 9.80 Å². The van der Waals surface area contributed by atoms with Crippen LogP contribution in [0.2, 0.25) is 0 Å². The van der Waals surface area contributed by atoms with Crippen LogP contribution in [0.3, 0.4) is 0 Å². The number of likely N-dealkylation sites (tertiary alicyclic amines) is 1. The average Bonchev–Trinajstić information content (AvgIpc) is 3.03. The molecule has 0 bridgehead atoms. The highest BCUT2D eigenvalue weighted by atomic mass is 16.5. The number of rotatable bonds is 6. The average molecular weight is 426 g/mol. The Bertz CT molecular complexity index is 847. The molecule has 2 saturated heterocycles. The Kier molecular flexibility index (Phi) is 6.41. The molecular formula is C24H31N3O4. The Balaban J connectivity index is 1.29. The third-order valence-corrected chi connectivity index (χ3v) is 6.34. The number of ether oxygens (including phenoxy) is 1. The van der Waals surface area contributed by atoms with Crippen molar-refractivity contribution in [3.8, 4) is 5.75 Å². The van der Waals surface area contributed by atoms with Gasteiger partial charge < -0.3 is 9.64 Å². The number of anilines is 1. The van der Waals surface area contributed by atoms with E-state index in [0.29, 0.717) is 19.4 Å². The normalized spacial score (nSPS) is 24.1. The van der Waals surface area contributed by atoms with Crippen LogP contribution in [0.15, 0.2) is 36.4 Å². The summed E-state index contributed by atoms with van der Waals surface area (Å²) in [5.74, 6) is -0.784. The van der Waals surface area contributed by atoms with Gasteiger partial charge in [-0.1, -0.05) is 24.3 Å². The summed E-state index contributed by atoms with van der Waals surface area (Å²) in [5, 5.41) is 0. The summed E-state index contributed by atoms with van der Waals surface area (Å²) in [6, 6.07) is 8.08. The highest BCUT2D eigenvalue weighted by Gasteiger charge is 2.49. The number of benzene rings is 1. The summed E-state index contributed by atoms with van der Waals surface area (Å²) in [4.78, 5) is 43.3. The van der Waals surface area contributed by atoms with Crippen LogP contribution in [-0.2, 0) is 14.4 Å². The zero-order valence-electron chi connectivity index (χ0n) is 18.3. The fraction of sp³-hybridized carbons (Fsp3) is 0.542. The Labute approximate surface area is 183 Å². The third kappa shape index (κ3) is 4.51. The van der Waals surface area contributed by atoms with Crippen LogP contribution in [0.4, 0.5) is 5.69 Å². The SMILES string of the molecule is CC(C)Oc1ccccc1N1CCN(CCC(=O)N2C(=O)C3CC=CCC3C2=O)CC1. The van der Waals surface area contributed by atoms with Crippen LogP contribution in [-0.4, -0.2) is 66.3 Å². The fourth-order valence-corrected chi connectivity index (χ4v) is 4.70. The Hall–Kier alpha value is -2.67. The molecule has 0 radical (unpaired) electrons. The molecule has 31 heavy (non-hydrogen) atoms. The number of nitrogens with zero attached hydrogens (tertiary/aromatic N) is 3. The second kappa shape index (κ2) is 9.22. The van der Waals surface area contributed by atoms with Crippen molar-refractivity contribution in [2.24, 2.45) is 11.8 Å². The summed E-state index contributed by atoms with van der Waals surface area (Å²) >= 11 is 0. The molecule has 0 N–H and O–H groups in total. The Morgan fingerprint density at radius 1 is 1.00 bits per heavy atom. The summed E-state index contributed by atoms with van der Waals surface area (Å²) in [6.07, 6.45) is 5.29. The van der Waals surface area contributed by atoms with Gasteiger partial charge in [0.1, 0.15) is 5.75 Å². The monoisotopic (exact) mass is 425 g/mol. The van der Waals surface area contributed by atoms with Gasteiger partial charge in [0.25, 0.3) is 0 Å². The van der Waals surface area contributed by atoms with Crippen LogP contribution < -0.4 is 9.64 Å². The lowest BCUT2D eigenvalue weighted by molar-refractivity contribution is -0.150. The third-order valence-electron chi connectivity index (χ3n) is 6.34. The highest BCUT2D eigenvalue weighted by Crippen LogP contribution is 2.35. The summed E-state index contributed by atoms with van der Waals surface area (Å²) < 4.78 is 5.95. The van der Waals surface area contributed by atoms with Gasteiger partial charge in [-0.25, -0.2) is 4.90 Å². The molecule has 3 aliphatic rings. The number of carbonyl (C=O) groups is 3. The minimum Gasteiger partial charge on any atom is -0.489 e. The van der Waals surface area contributed by atoms with Crippen molar-refractivity contribution in [1.29, 1.82) is 0 Å². The fourth-order valence-electron chi connectivity index (χ4n) is 4.70. The van der Waals surface area contributed by atoms with Crippen molar-refractivity contribution in [2.45, 2.75) is 39.2 Å². The molecule has 2 atom stereocenters. The number of carbonyl (C=O) groups excluding carboxylic acids is 3. The molecule has 1 aromatic carbocycles. The first-order valence-corrected chi connectivity index (χ1v) is 11.2. The van der Waals surface area contributed by atoms with E-state index in [0.717, 1.165) is 42.5 Å². The quantitative estimate of drug-likeness (QED) is 0.515. The first-order chi connectivity index (χ1) is 15.0. The number of hydrogen-bond acceptors (Lipinski definition) is 6. The number of amides is 3. The van der Waals surface area contributed by atoms with Gasteiger partial charge in [0.05, 0.1) is 23.6 Å². The van der Waals surface area contributed by atoms with Crippen LogP contribution in [0.25, 0.3) is 0 Å². The number of hydrogen-bond donors (Lipinski definition) is 0. The van der Waals surface area contributed by atoms with E-state index in [4.69, 9.17) is 4.74 Å². The maximum atomic E-state index is 12.7. The van der Waals surface area contributed by atoms with Gasteiger partial charge in [-0.05, 0) is 38.8 Å². The smallest absolute Gasteiger partial charge is 0.240 e. The lowest BCUT2D eigenvalue weighted by Gasteiger charge is -2.36. The molecular weight excluding hydrogens is 394 g/mol. The van der Waals surface area contributed by atoms with Crippen molar-refractivity contribution in [3.63, 3.8) is 0 Å². The largest absolute Gasteiger partial charge is 0.489 e. The van der Waals surface area contributed by atoms with E-state index < -0.39 is 0 Å². The minimum atomic E-state index is -0.359. The van der Waals surface area contributed by atoms with E-state index in [9.17, 15) is 14.4 Å². The van der Waals surface area contributed by atoms with E-state index in [1.165, 1.54) is 0 Å². The van der Waals surface area contributed by atoms with E-state index in [-0.39, 0.29) is 42.1 Å². The van der Waals surface area contributed by atoms with E-state index >= 15 is 0 Å². The standard InChI is InChI=1S/C24H31N3O4/c1-17(2)31-21-10-6-5-9-20(21)26-15-13-25(14-16-26)12-11-22(28)27-23(29)18-7-3-4-8-19(18)24(27)30/h3-6,9-10,17-19H,7-8,11-16H2,1-2H3. The lowest BCUT2D eigenvalue weighted by Crippen LogP contribution is -2.48. The Morgan fingerprint density at radius 2 is 1.61 bits per heavy atom. The zero-order chi connectivity index (χ0) is 22.0. The van der Waals surface area contributed by atoms with Gasteiger partial charge in [-0.2, -0.15) is 0 Å². The van der Waals surface area contributed by atoms with Crippen molar-refractivity contribution in [2.75, 3.05) is 37.6 Å². The molecule has 2 aliphatic heterocycles. The van der Waals surface area contributed by atoms with E-state index in [1.807, 2.05) is 44.2 Å². The molecule has 1 aliphatic carbocycles. The summed E-state index contributed by atoms with van der Waals surface area (Å²) in [5.41, 5.74) is 1.09. The minimum absolute atomic E-state index is 0.115. The molecule has 3 amide bonds. The number of allylic oxidation sites excluding steroid dienone is 2. The first kappa shape index (κ1) is 21.6. The van der Waals surface area contributed by atoms with Crippen molar-refractivity contribution in [3.05, 3.63) is 36.4 Å². The van der Waals surface area contributed by atoms with Gasteiger partial charge in [-0.3, -0.25) is 19.3 Å². The summed E-state index contributed by atoms with van der Waals surface area (Å²) in [7, 11) is 0. The molecule has 0 aromatic heterocycles. The molecule has 0 spiro atoms. The van der Waals surface area contributed by atoms with Gasteiger partial charge in [0.2, 0.25) is 17.7 Å². The first-order valence-electron chi connectivity index (χ1n) is 11.2. The molecule has 0 saturated carbocycles. The number of piperazine rings is 1. The van der Waals surface area contributed by atoms with Crippen LogP contribution >= 0.6 is 0 Å². The number of imide groups is 3. The number of para-hydroxylation sites is 2. The molecule has 166 valence electrons. The van der Waals surface area contributed by atoms with Crippen molar-refractivity contribution < 1.29 is 19.1 Å². The molecule has 7 heteroatoms. The second-order valence-corrected chi connectivity index (χ2v) is 8.77. The molecule has 2 heterocycles. The number of fused-ring (bicyclic) bond motifs is 1. The Morgan fingerprint density at radius 3 is 2.23 bits per heavy atom. The molecule has 7 nitrogen and oxygen atoms in total. The predicted molar refractivity (Wildman–Crippen MR) is 118 cm³/mol.